The number of hydrogen-bond donors (Lipinski definition) is 1. The quantitative estimate of drug-likeness (QED) is 0.560. The van der Waals surface area contributed by atoms with Crippen molar-refractivity contribution in [1.82, 2.24) is 0 Å². The molecule has 0 aliphatic rings. The van der Waals surface area contributed by atoms with E-state index in [0.29, 0.717) is 5.69 Å². The Bertz CT molecular complexity index is 672. The zero-order valence-electron chi connectivity index (χ0n) is 12.6. The second-order valence-corrected chi connectivity index (χ2v) is 7.39. The molecule has 0 aromatic heterocycles. The third-order valence-electron chi connectivity index (χ3n) is 3.26. The fourth-order valence-corrected chi connectivity index (χ4v) is 2.69. The lowest BCUT2D eigenvalue weighted by atomic mass is 9.86. The van der Waals surface area contributed by atoms with Gasteiger partial charge in [0.25, 0.3) is 0 Å². The molecule has 0 fully saturated rings. The molecule has 0 atom stereocenters. The molecule has 2 aromatic carbocycles. The van der Waals surface area contributed by atoms with Crippen LogP contribution < -0.4 is 5.32 Å². The normalized spacial score (nSPS) is 12.3. The van der Waals surface area contributed by atoms with Crippen molar-refractivity contribution in [2.24, 2.45) is 0 Å². The molecule has 0 radical (unpaired) electrons. The van der Waals surface area contributed by atoms with Gasteiger partial charge in [0.15, 0.2) is 0 Å². The Morgan fingerprint density at radius 2 is 1.64 bits per heavy atom. The molecule has 22 heavy (non-hydrogen) atoms. The van der Waals surface area contributed by atoms with Crippen molar-refractivity contribution in [3.05, 3.63) is 57.2 Å². The van der Waals surface area contributed by atoms with Crippen molar-refractivity contribution in [3.8, 4) is 0 Å². The summed E-state index contributed by atoms with van der Waals surface area (Å²) in [5.74, 6) is 0. The predicted molar refractivity (Wildman–Crippen MR) is 92.6 cm³/mol. The van der Waals surface area contributed by atoms with Crippen molar-refractivity contribution in [1.29, 1.82) is 0 Å². The maximum atomic E-state index is 12.8. The Kier molecular flexibility index (Phi) is 4.75. The van der Waals surface area contributed by atoms with E-state index in [1.165, 1.54) is 6.07 Å². The predicted octanol–water partition coefficient (Wildman–Crippen LogP) is 6.35. The fourth-order valence-electron chi connectivity index (χ4n) is 2.20. The highest BCUT2D eigenvalue weighted by Crippen LogP contribution is 2.35. The molecule has 0 heterocycles. The Morgan fingerprint density at radius 3 is 2.23 bits per heavy atom. The van der Waals surface area contributed by atoms with Crippen LogP contribution in [0.4, 0.5) is 24.5 Å². The molecule has 1 N–H and O–H groups in total. The fraction of sp³-hybridized carbons (Fsp3) is 0.294. The zero-order valence-corrected chi connectivity index (χ0v) is 14.7. The average Bonchev–Trinajstić information content (AvgIpc) is 2.36. The summed E-state index contributed by atoms with van der Waals surface area (Å²) in [6.45, 7) is 6.23. The second-order valence-electron chi connectivity index (χ2n) is 6.14. The van der Waals surface area contributed by atoms with E-state index in [-0.39, 0.29) is 5.41 Å². The van der Waals surface area contributed by atoms with Gasteiger partial charge in [0, 0.05) is 14.9 Å². The first-order valence-electron chi connectivity index (χ1n) is 6.82. The SMILES string of the molecule is CC(C)(C)c1ccc(I)cc1Nc1cccc(C(F)(F)F)c1. The van der Waals surface area contributed by atoms with Crippen molar-refractivity contribution in [3.63, 3.8) is 0 Å². The minimum Gasteiger partial charge on any atom is -0.355 e. The molecular formula is C17H17F3IN. The van der Waals surface area contributed by atoms with Crippen molar-refractivity contribution < 1.29 is 13.2 Å². The van der Waals surface area contributed by atoms with Crippen LogP contribution in [0.25, 0.3) is 0 Å². The van der Waals surface area contributed by atoms with E-state index < -0.39 is 11.7 Å². The number of alkyl halides is 3. The van der Waals surface area contributed by atoms with Crippen LogP contribution in [0.15, 0.2) is 42.5 Å². The Morgan fingerprint density at radius 1 is 0.955 bits per heavy atom. The first-order valence-corrected chi connectivity index (χ1v) is 7.89. The van der Waals surface area contributed by atoms with E-state index in [9.17, 15) is 13.2 Å². The van der Waals surface area contributed by atoms with Gasteiger partial charge in [0.05, 0.1) is 5.56 Å². The van der Waals surface area contributed by atoms with Crippen LogP contribution in [0.3, 0.4) is 0 Å². The third-order valence-corrected chi connectivity index (χ3v) is 3.93. The van der Waals surface area contributed by atoms with Gasteiger partial charge in [-0.05, 0) is 63.9 Å². The Labute approximate surface area is 142 Å². The van der Waals surface area contributed by atoms with Gasteiger partial charge < -0.3 is 5.32 Å². The lowest BCUT2D eigenvalue weighted by Gasteiger charge is -2.24. The summed E-state index contributed by atoms with van der Waals surface area (Å²) in [6.07, 6.45) is -4.34. The third kappa shape index (κ3) is 4.15. The molecule has 2 rings (SSSR count). The van der Waals surface area contributed by atoms with Gasteiger partial charge in [-0.2, -0.15) is 13.2 Å². The van der Waals surface area contributed by atoms with Gasteiger partial charge in [-0.25, -0.2) is 0 Å². The topological polar surface area (TPSA) is 12.0 Å². The minimum atomic E-state index is -4.34. The smallest absolute Gasteiger partial charge is 0.355 e. The lowest BCUT2D eigenvalue weighted by molar-refractivity contribution is -0.137. The highest BCUT2D eigenvalue weighted by Gasteiger charge is 2.30. The standard InChI is InChI=1S/C17H17F3IN/c1-16(2,3)14-8-7-12(21)10-15(14)22-13-6-4-5-11(9-13)17(18,19)20/h4-10,22H,1-3H3. The maximum Gasteiger partial charge on any atom is 0.416 e. The van der Waals surface area contributed by atoms with Crippen molar-refractivity contribution >= 4 is 34.0 Å². The molecule has 2 aromatic rings. The molecule has 1 nitrogen and oxygen atoms in total. The summed E-state index contributed by atoms with van der Waals surface area (Å²) >= 11 is 2.19. The highest BCUT2D eigenvalue weighted by atomic mass is 127. The lowest BCUT2D eigenvalue weighted by Crippen LogP contribution is -2.14. The number of anilines is 2. The Balaban J connectivity index is 2.41. The molecule has 0 unspecified atom stereocenters. The number of hydrogen-bond acceptors (Lipinski definition) is 1. The van der Waals surface area contributed by atoms with Gasteiger partial charge in [0.2, 0.25) is 0 Å². The van der Waals surface area contributed by atoms with Gasteiger partial charge in [0.1, 0.15) is 0 Å². The summed E-state index contributed by atoms with van der Waals surface area (Å²) in [4.78, 5) is 0. The molecule has 0 aliphatic heterocycles. The summed E-state index contributed by atoms with van der Waals surface area (Å²) in [6, 6.07) is 11.2. The number of nitrogens with one attached hydrogen (secondary N) is 1. The summed E-state index contributed by atoms with van der Waals surface area (Å²) < 4.78 is 39.5. The van der Waals surface area contributed by atoms with E-state index in [0.717, 1.165) is 27.0 Å². The number of benzene rings is 2. The molecule has 5 heteroatoms. The summed E-state index contributed by atoms with van der Waals surface area (Å²) in [5.41, 5.74) is 1.57. The maximum absolute atomic E-state index is 12.8. The first kappa shape index (κ1) is 17.1. The number of halogens is 4. The van der Waals surface area contributed by atoms with Gasteiger partial charge >= 0.3 is 6.18 Å². The molecule has 0 spiro atoms. The zero-order chi connectivity index (χ0) is 16.5. The van der Waals surface area contributed by atoms with Crippen LogP contribution in [-0.2, 0) is 11.6 Å². The molecule has 0 bridgehead atoms. The van der Waals surface area contributed by atoms with Crippen LogP contribution in [0.5, 0.6) is 0 Å². The van der Waals surface area contributed by atoms with Crippen LogP contribution in [0.2, 0.25) is 0 Å². The molecule has 118 valence electrons. The highest BCUT2D eigenvalue weighted by molar-refractivity contribution is 14.1. The Hall–Kier alpha value is -1.24. The minimum absolute atomic E-state index is 0.103. The average molecular weight is 419 g/mol. The van der Waals surface area contributed by atoms with E-state index in [1.807, 2.05) is 18.2 Å². The summed E-state index contributed by atoms with van der Waals surface area (Å²) in [7, 11) is 0. The van der Waals surface area contributed by atoms with Crippen LogP contribution >= 0.6 is 22.6 Å². The van der Waals surface area contributed by atoms with Crippen molar-refractivity contribution in [2.45, 2.75) is 32.4 Å². The monoisotopic (exact) mass is 419 g/mol. The van der Waals surface area contributed by atoms with Crippen molar-refractivity contribution in [2.75, 3.05) is 5.32 Å². The first-order chi connectivity index (χ1) is 10.1. The van der Waals surface area contributed by atoms with Crippen LogP contribution in [0.1, 0.15) is 31.9 Å². The van der Waals surface area contributed by atoms with Gasteiger partial charge in [-0.15, -0.1) is 0 Å². The van der Waals surface area contributed by atoms with Gasteiger partial charge in [-0.3, -0.25) is 0 Å². The van der Waals surface area contributed by atoms with Crippen LogP contribution in [0, 0.1) is 3.57 Å². The molecule has 0 saturated heterocycles. The molecule has 0 aliphatic carbocycles. The molecule has 0 amide bonds. The molecule has 0 saturated carbocycles. The second kappa shape index (κ2) is 6.10. The van der Waals surface area contributed by atoms with E-state index in [4.69, 9.17) is 0 Å². The van der Waals surface area contributed by atoms with Gasteiger partial charge in [-0.1, -0.05) is 32.9 Å². The molecular weight excluding hydrogens is 402 g/mol. The van der Waals surface area contributed by atoms with E-state index in [2.05, 4.69) is 48.7 Å². The summed E-state index contributed by atoms with van der Waals surface area (Å²) in [5, 5.41) is 3.13. The van der Waals surface area contributed by atoms with E-state index in [1.54, 1.807) is 6.07 Å². The van der Waals surface area contributed by atoms with E-state index >= 15 is 0 Å². The largest absolute Gasteiger partial charge is 0.416 e. The number of rotatable bonds is 2. The van der Waals surface area contributed by atoms with Crippen LogP contribution in [-0.4, -0.2) is 0 Å².